The number of hydrogen-bond donors (Lipinski definition) is 2. The summed E-state index contributed by atoms with van der Waals surface area (Å²) < 4.78 is 49.5. The van der Waals surface area contributed by atoms with Gasteiger partial charge in [-0.2, -0.15) is 8.78 Å². The molecule has 0 radical (unpaired) electrons. The topological polar surface area (TPSA) is 74.7 Å². The first-order valence-corrected chi connectivity index (χ1v) is 13.4. The highest BCUT2D eigenvalue weighted by Crippen LogP contribution is 2.35. The second-order valence-electron chi connectivity index (χ2n) is 10.1. The van der Waals surface area contributed by atoms with Gasteiger partial charge in [0.25, 0.3) is 5.91 Å². The molecule has 3 aromatic rings. The molecule has 2 fully saturated rings. The number of carbonyl (C=O) groups is 1. The van der Waals surface area contributed by atoms with Crippen molar-refractivity contribution in [2.24, 2.45) is 0 Å². The number of carbonyl (C=O) groups excluding carboxylic acids is 1. The smallest absolute Gasteiger partial charge is 0.351 e. The average Bonchev–Trinajstić information content (AvgIpc) is 3.61. The molecule has 2 aliphatic rings. The zero-order valence-corrected chi connectivity index (χ0v) is 21.9. The molecule has 1 aromatic heterocycles. The summed E-state index contributed by atoms with van der Waals surface area (Å²) in [5, 5.41) is 13.9. The lowest BCUT2D eigenvalue weighted by Gasteiger charge is -2.30. The molecule has 0 spiro atoms. The van der Waals surface area contributed by atoms with Crippen molar-refractivity contribution in [2.75, 3.05) is 19.6 Å². The van der Waals surface area contributed by atoms with Crippen LogP contribution in [0.15, 0.2) is 60.8 Å². The van der Waals surface area contributed by atoms with Gasteiger partial charge in [-0.3, -0.25) is 9.78 Å². The monoisotopic (exact) mass is 559 g/mol. The molecule has 2 aromatic carbocycles. The van der Waals surface area contributed by atoms with Crippen molar-refractivity contribution >= 4 is 17.5 Å². The van der Waals surface area contributed by atoms with Crippen molar-refractivity contribution in [2.45, 2.75) is 49.9 Å². The third kappa shape index (κ3) is 6.54. The molecular formula is C29H29ClF3N3O3. The van der Waals surface area contributed by atoms with Gasteiger partial charge in [-0.05, 0) is 92.9 Å². The number of hydrogen-bond acceptors (Lipinski definition) is 5. The predicted octanol–water partition coefficient (Wildman–Crippen LogP) is 5.49. The molecule has 39 heavy (non-hydrogen) atoms. The number of nitrogens with one attached hydrogen (secondary N) is 1. The van der Waals surface area contributed by atoms with Gasteiger partial charge in [0, 0.05) is 23.9 Å². The summed E-state index contributed by atoms with van der Waals surface area (Å²) in [6.45, 7) is 1.70. The maximum Gasteiger partial charge on any atom is 0.351 e. The van der Waals surface area contributed by atoms with Crippen LogP contribution in [0.25, 0.3) is 11.3 Å². The van der Waals surface area contributed by atoms with Crippen molar-refractivity contribution in [1.82, 2.24) is 15.2 Å². The van der Waals surface area contributed by atoms with E-state index < -0.39 is 35.4 Å². The van der Waals surface area contributed by atoms with Gasteiger partial charge in [0.15, 0.2) is 0 Å². The van der Waals surface area contributed by atoms with Crippen LogP contribution in [0.5, 0.6) is 5.75 Å². The van der Waals surface area contributed by atoms with Gasteiger partial charge < -0.3 is 20.1 Å². The number of ether oxygens (including phenoxy) is 1. The second kappa shape index (κ2) is 11.5. The number of benzene rings is 2. The SMILES string of the molecule is O=C(N[C@H](CN1CCCC1)[C@H](O)c1ccc(OC2CC2)c(Cl)c1)C(F)(F)c1ccc(-c2ccc(F)cc2)nc1. The van der Waals surface area contributed by atoms with Crippen molar-refractivity contribution in [3.63, 3.8) is 0 Å². The van der Waals surface area contributed by atoms with Gasteiger partial charge >= 0.3 is 5.92 Å². The van der Waals surface area contributed by atoms with E-state index in [0.29, 0.717) is 27.6 Å². The number of aromatic nitrogens is 1. The molecule has 206 valence electrons. The molecular weight excluding hydrogens is 531 g/mol. The molecule has 5 rings (SSSR count). The number of alkyl halides is 2. The molecule has 1 amide bonds. The number of amides is 1. The van der Waals surface area contributed by atoms with Crippen LogP contribution in [0.2, 0.25) is 5.02 Å². The molecule has 1 saturated heterocycles. The van der Waals surface area contributed by atoms with Crippen LogP contribution in [0.1, 0.15) is 42.9 Å². The highest BCUT2D eigenvalue weighted by atomic mass is 35.5. The summed E-state index contributed by atoms with van der Waals surface area (Å²) in [6, 6.07) is 11.8. The predicted molar refractivity (Wildman–Crippen MR) is 141 cm³/mol. The first kappa shape index (κ1) is 27.4. The van der Waals surface area contributed by atoms with Gasteiger partial charge in [0.1, 0.15) is 17.7 Å². The fraction of sp³-hybridized carbons (Fsp3) is 0.379. The molecule has 1 aliphatic carbocycles. The minimum atomic E-state index is -3.91. The molecule has 2 heterocycles. The lowest BCUT2D eigenvalue weighted by Crippen LogP contribution is -2.51. The van der Waals surface area contributed by atoms with Crippen LogP contribution in [-0.4, -0.2) is 52.7 Å². The number of pyridine rings is 1. The summed E-state index contributed by atoms with van der Waals surface area (Å²) in [5.74, 6) is -5.37. The summed E-state index contributed by atoms with van der Waals surface area (Å²) in [7, 11) is 0. The fourth-order valence-electron chi connectivity index (χ4n) is 4.62. The Hall–Kier alpha value is -3.14. The van der Waals surface area contributed by atoms with E-state index in [1.165, 1.54) is 30.3 Å². The molecule has 2 atom stereocenters. The molecule has 0 unspecified atom stereocenters. The van der Waals surface area contributed by atoms with Crippen molar-refractivity contribution < 1.29 is 27.8 Å². The largest absolute Gasteiger partial charge is 0.489 e. The van der Waals surface area contributed by atoms with E-state index in [-0.39, 0.29) is 12.6 Å². The highest BCUT2D eigenvalue weighted by molar-refractivity contribution is 6.32. The van der Waals surface area contributed by atoms with E-state index >= 15 is 8.78 Å². The average molecular weight is 560 g/mol. The van der Waals surface area contributed by atoms with Gasteiger partial charge in [-0.15, -0.1) is 0 Å². The number of halogens is 4. The summed E-state index contributed by atoms with van der Waals surface area (Å²) >= 11 is 6.36. The summed E-state index contributed by atoms with van der Waals surface area (Å²) in [4.78, 5) is 19.0. The molecule has 1 aliphatic heterocycles. The molecule has 6 nitrogen and oxygen atoms in total. The Balaban J connectivity index is 1.33. The van der Waals surface area contributed by atoms with Gasteiger partial charge in [-0.1, -0.05) is 17.7 Å². The molecule has 1 saturated carbocycles. The fourth-order valence-corrected chi connectivity index (χ4v) is 4.86. The van der Waals surface area contributed by atoms with Crippen molar-refractivity contribution in [1.29, 1.82) is 0 Å². The van der Waals surface area contributed by atoms with Crippen LogP contribution in [0.3, 0.4) is 0 Å². The Morgan fingerprint density at radius 1 is 1.13 bits per heavy atom. The number of rotatable bonds is 10. The van der Waals surface area contributed by atoms with E-state index in [1.54, 1.807) is 18.2 Å². The lowest BCUT2D eigenvalue weighted by atomic mass is 10.00. The van der Waals surface area contributed by atoms with Crippen LogP contribution >= 0.6 is 11.6 Å². The molecule has 2 N–H and O–H groups in total. The third-order valence-corrected chi connectivity index (χ3v) is 7.31. The quantitative estimate of drug-likeness (QED) is 0.344. The zero-order chi connectivity index (χ0) is 27.6. The molecule has 0 bridgehead atoms. The van der Waals surface area contributed by atoms with Gasteiger partial charge in [0.2, 0.25) is 0 Å². The Morgan fingerprint density at radius 3 is 2.46 bits per heavy atom. The molecule has 10 heteroatoms. The zero-order valence-electron chi connectivity index (χ0n) is 21.1. The van der Waals surface area contributed by atoms with Crippen LogP contribution in [-0.2, 0) is 10.7 Å². The van der Waals surface area contributed by atoms with E-state index in [1.807, 2.05) is 4.90 Å². The van der Waals surface area contributed by atoms with E-state index in [2.05, 4.69) is 10.3 Å². The number of nitrogens with zero attached hydrogens (tertiary/aromatic N) is 2. The van der Waals surface area contributed by atoms with Crippen LogP contribution < -0.4 is 10.1 Å². The first-order chi connectivity index (χ1) is 18.7. The second-order valence-corrected chi connectivity index (χ2v) is 10.5. The number of likely N-dealkylation sites (tertiary alicyclic amines) is 1. The minimum Gasteiger partial charge on any atom is -0.489 e. The lowest BCUT2D eigenvalue weighted by molar-refractivity contribution is -0.149. The Labute approximate surface area is 229 Å². The Morgan fingerprint density at radius 2 is 1.85 bits per heavy atom. The Bertz CT molecular complexity index is 1300. The normalized spacial score (nSPS) is 17.6. The van der Waals surface area contributed by atoms with Crippen molar-refractivity contribution in [3.05, 3.63) is 82.8 Å². The van der Waals surface area contributed by atoms with Crippen molar-refractivity contribution in [3.8, 4) is 17.0 Å². The van der Waals surface area contributed by atoms with E-state index in [9.17, 15) is 14.3 Å². The first-order valence-electron chi connectivity index (χ1n) is 13.0. The minimum absolute atomic E-state index is 0.141. The standard InChI is InChI=1S/C29H29ClF3N3O3/c30-23-15-19(5-12-26(23)39-22-9-10-22)27(37)25(17-36-13-1-2-14-36)35-28(38)29(32,33)20-6-11-24(34-16-20)18-3-7-21(31)8-4-18/h3-8,11-12,15-16,22,25,27,37H,1-2,9-10,13-14,17H2,(H,35,38)/t25-,27-/m1/s1. The van der Waals surface area contributed by atoms with Gasteiger partial charge in [0.05, 0.1) is 22.9 Å². The Kier molecular flexibility index (Phi) is 8.11. The van der Waals surface area contributed by atoms with E-state index in [0.717, 1.165) is 51.0 Å². The maximum atomic E-state index is 15.3. The van der Waals surface area contributed by atoms with E-state index in [4.69, 9.17) is 16.3 Å². The van der Waals surface area contributed by atoms with Gasteiger partial charge in [-0.25, -0.2) is 4.39 Å². The number of aliphatic hydroxyl groups excluding tert-OH is 1. The number of aliphatic hydroxyl groups is 1. The third-order valence-electron chi connectivity index (χ3n) is 7.02. The summed E-state index contributed by atoms with van der Waals surface area (Å²) in [5.41, 5.74) is 0.714. The summed E-state index contributed by atoms with van der Waals surface area (Å²) in [6.07, 6.45) is 3.63. The van der Waals surface area contributed by atoms with Crippen LogP contribution in [0.4, 0.5) is 13.2 Å². The van der Waals surface area contributed by atoms with Crippen LogP contribution in [0, 0.1) is 5.82 Å². The highest BCUT2D eigenvalue weighted by Gasteiger charge is 2.43. The maximum absolute atomic E-state index is 15.3.